The third kappa shape index (κ3) is 4.82. The fourth-order valence-electron chi connectivity index (χ4n) is 2.85. The summed E-state index contributed by atoms with van der Waals surface area (Å²) in [5.41, 5.74) is 0.569. The van der Waals surface area contributed by atoms with Gasteiger partial charge in [-0.25, -0.2) is 15.0 Å². The van der Waals surface area contributed by atoms with Gasteiger partial charge in [-0.05, 0) is 38.7 Å². The van der Waals surface area contributed by atoms with Gasteiger partial charge in [0.05, 0.1) is 5.69 Å². The maximum Gasteiger partial charge on any atom is 0.263 e. The average Bonchev–Trinajstić information content (AvgIpc) is 2.78. The van der Waals surface area contributed by atoms with E-state index in [0.29, 0.717) is 21.4 Å². The molecule has 0 spiro atoms. The van der Waals surface area contributed by atoms with Crippen molar-refractivity contribution < 1.29 is 4.79 Å². The second-order valence-corrected chi connectivity index (χ2v) is 8.58. The van der Waals surface area contributed by atoms with Crippen molar-refractivity contribution in [3.8, 4) is 10.8 Å². The SMILES string of the molecule is Cc1nc(-c2ncccn2)sc1C(=O)NC(C)(C)CC(C)(C)C. The number of hydrogen-bond acceptors (Lipinski definition) is 5. The molecule has 6 heteroatoms. The van der Waals surface area contributed by atoms with E-state index >= 15 is 0 Å². The van der Waals surface area contributed by atoms with Gasteiger partial charge in [0.25, 0.3) is 5.91 Å². The molecule has 0 aliphatic heterocycles. The number of thiazole rings is 1. The third-order valence-corrected chi connectivity index (χ3v) is 4.34. The molecule has 0 saturated heterocycles. The highest BCUT2D eigenvalue weighted by atomic mass is 32.1. The standard InChI is InChI=1S/C17H24N4OS/c1-11-12(14(22)21-17(5,6)10-16(2,3)4)23-15(20-11)13-18-8-7-9-19-13/h7-9H,10H2,1-6H3,(H,21,22). The van der Waals surface area contributed by atoms with Crippen LogP contribution in [0.25, 0.3) is 10.8 Å². The number of aryl methyl sites for hydroxylation is 1. The zero-order valence-corrected chi connectivity index (χ0v) is 15.4. The molecule has 124 valence electrons. The van der Waals surface area contributed by atoms with Crippen molar-refractivity contribution in [1.29, 1.82) is 0 Å². The van der Waals surface area contributed by atoms with Gasteiger partial charge in [-0.1, -0.05) is 20.8 Å². The number of nitrogens with one attached hydrogen (secondary N) is 1. The summed E-state index contributed by atoms with van der Waals surface area (Å²) >= 11 is 1.33. The van der Waals surface area contributed by atoms with Crippen LogP contribution in [0.15, 0.2) is 18.5 Å². The molecule has 5 nitrogen and oxygen atoms in total. The molecular formula is C17H24N4OS. The Bertz CT molecular complexity index is 686. The largest absolute Gasteiger partial charge is 0.346 e. The fraction of sp³-hybridized carbons (Fsp3) is 0.529. The van der Waals surface area contributed by atoms with Crippen LogP contribution in [0.4, 0.5) is 0 Å². The zero-order chi connectivity index (χ0) is 17.3. The Balaban J connectivity index is 2.19. The molecule has 2 aromatic rings. The van der Waals surface area contributed by atoms with Crippen molar-refractivity contribution in [2.45, 2.75) is 53.5 Å². The van der Waals surface area contributed by atoms with Gasteiger partial charge in [0.15, 0.2) is 10.8 Å². The van der Waals surface area contributed by atoms with Gasteiger partial charge in [-0.2, -0.15) is 0 Å². The molecule has 0 bridgehead atoms. The lowest BCUT2D eigenvalue weighted by atomic mass is 9.82. The van der Waals surface area contributed by atoms with Crippen LogP contribution in [0.5, 0.6) is 0 Å². The van der Waals surface area contributed by atoms with Gasteiger partial charge in [0.2, 0.25) is 0 Å². The molecule has 23 heavy (non-hydrogen) atoms. The minimum absolute atomic E-state index is 0.0866. The average molecular weight is 332 g/mol. The summed E-state index contributed by atoms with van der Waals surface area (Å²) in [7, 11) is 0. The van der Waals surface area contributed by atoms with E-state index in [4.69, 9.17) is 0 Å². The Morgan fingerprint density at radius 3 is 2.35 bits per heavy atom. The Hall–Kier alpha value is -1.82. The van der Waals surface area contributed by atoms with Crippen LogP contribution in [0.1, 0.15) is 56.4 Å². The highest BCUT2D eigenvalue weighted by Crippen LogP contribution is 2.29. The first-order chi connectivity index (χ1) is 10.6. The maximum absolute atomic E-state index is 12.6. The van der Waals surface area contributed by atoms with E-state index in [9.17, 15) is 4.79 Å². The third-order valence-electron chi connectivity index (χ3n) is 3.18. The molecule has 0 aliphatic rings. The van der Waals surface area contributed by atoms with Crippen molar-refractivity contribution in [3.63, 3.8) is 0 Å². The first-order valence-corrected chi connectivity index (χ1v) is 8.46. The van der Waals surface area contributed by atoms with Gasteiger partial charge in [-0.3, -0.25) is 4.79 Å². The van der Waals surface area contributed by atoms with Crippen LogP contribution in [0, 0.1) is 12.3 Å². The van der Waals surface area contributed by atoms with E-state index < -0.39 is 0 Å². The fourth-order valence-corrected chi connectivity index (χ4v) is 3.76. The molecule has 1 N–H and O–H groups in total. The highest BCUT2D eigenvalue weighted by Gasteiger charge is 2.29. The lowest BCUT2D eigenvalue weighted by molar-refractivity contribution is 0.0895. The molecular weight excluding hydrogens is 308 g/mol. The van der Waals surface area contributed by atoms with E-state index in [1.807, 2.05) is 20.8 Å². The van der Waals surface area contributed by atoms with Crippen molar-refractivity contribution in [1.82, 2.24) is 20.3 Å². The maximum atomic E-state index is 12.6. The summed E-state index contributed by atoms with van der Waals surface area (Å²) < 4.78 is 0. The zero-order valence-electron chi connectivity index (χ0n) is 14.6. The smallest absolute Gasteiger partial charge is 0.263 e. The predicted molar refractivity (Wildman–Crippen MR) is 93.5 cm³/mol. The molecule has 0 radical (unpaired) electrons. The lowest BCUT2D eigenvalue weighted by Gasteiger charge is -2.33. The van der Waals surface area contributed by atoms with Gasteiger partial charge in [-0.15, -0.1) is 11.3 Å². The number of rotatable bonds is 4. The van der Waals surface area contributed by atoms with Crippen LogP contribution in [0.3, 0.4) is 0 Å². The molecule has 2 rings (SSSR count). The number of aromatic nitrogens is 3. The molecule has 2 heterocycles. The van der Waals surface area contributed by atoms with Crippen LogP contribution in [0.2, 0.25) is 0 Å². The number of carbonyl (C=O) groups excluding carboxylic acids is 1. The first-order valence-electron chi connectivity index (χ1n) is 7.65. The molecule has 2 aromatic heterocycles. The van der Waals surface area contributed by atoms with Gasteiger partial charge in [0.1, 0.15) is 4.88 Å². The Morgan fingerprint density at radius 2 is 1.78 bits per heavy atom. The number of carbonyl (C=O) groups is 1. The Labute approximate surface area is 141 Å². The van der Waals surface area contributed by atoms with Crippen molar-refractivity contribution in [3.05, 3.63) is 29.0 Å². The summed E-state index contributed by atoms with van der Waals surface area (Å²) in [4.78, 5) is 26.1. The van der Waals surface area contributed by atoms with Crippen molar-refractivity contribution in [2.75, 3.05) is 0 Å². The minimum Gasteiger partial charge on any atom is -0.346 e. The van der Waals surface area contributed by atoms with Crippen LogP contribution in [-0.2, 0) is 0 Å². The monoisotopic (exact) mass is 332 g/mol. The summed E-state index contributed by atoms with van der Waals surface area (Å²) in [6, 6.07) is 1.76. The van der Waals surface area contributed by atoms with Gasteiger partial charge >= 0.3 is 0 Å². The van der Waals surface area contributed by atoms with E-state index in [2.05, 4.69) is 41.0 Å². The van der Waals surface area contributed by atoms with E-state index in [-0.39, 0.29) is 16.9 Å². The minimum atomic E-state index is -0.283. The second kappa shape index (κ2) is 6.35. The van der Waals surface area contributed by atoms with Gasteiger partial charge < -0.3 is 5.32 Å². The van der Waals surface area contributed by atoms with E-state index in [1.54, 1.807) is 18.5 Å². The molecule has 0 aliphatic carbocycles. The Kier molecular flexibility index (Phi) is 4.84. The number of amides is 1. The van der Waals surface area contributed by atoms with Crippen LogP contribution >= 0.6 is 11.3 Å². The summed E-state index contributed by atoms with van der Waals surface area (Å²) in [5.74, 6) is 0.463. The van der Waals surface area contributed by atoms with Crippen LogP contribution in [-0.4, -0.2) is 26.4 Å². The quantitative estimate of drug-likeness (QED) is 0.923. The first kappa shape index (κ1) is 17.5. The Morgan fingerprint density at radius 1 is 1.17 bits per heavy atom. The number of hydrogen-bond donors (Lipinski definition) is 1. The number of nitrogens with zero attached hydrogens (tertiary/aromatic N) is 3. The van der Waals surface area contributed by atoms with E-state index in [1.165, 1.54) is 11.3 Å². The molecule has 0 aromatic carbocycles. The summed E-state index contributed by atoms with van der Waals surface area (Å²) in [6.07, 6.45) is 4.23. The molecule has 0 unspecified atom stereocenters. The normalized spacial score (nSPS) is 12.3. The van der Waals surface area contributed by atoms with Crippen molar-refractivity contribution in [2.24, 2.45) is 5.41 Å². The molecule has 1 amide bonds. The molecule has 0 saturated carbocycles. The lowest BCUT2D eigenvalue weighted by Crippen LogP contribution is -2.45. The molecule has 0 fully saturated rings. The highest BCUT2D eigenvalue weighted by molar-refractivity contribution is 7.17. The van der Waals surface area contributed by atoms with Gasteiger partial charge in [0, 0.05) is 17.9 Å². The van der Waals surface area contributed by atoms with E-state index in [0.717, 1.165) is 6.42 Å². The molecule has 0 atom stereocenters. The second-order valence-electron chi connectivity index (χ2n) is 7.58. The van der Waals surface area contributed by atoms with Crippen LogP contribution < -0.4 is 5.32 Å². The summed E-state index contributed by atoms with van der Waals surface area (Å²) in [5, 5.41) is 3.79. The topological polar surface area (TPSA) is 67.8 Å². The predicted octanol–water partition coefficient (Wildman–Crippen LogP) is 3.85. The van der Waals surface area contributed by atoms with Crippen molar-refractivity contribution >= 4 is 17.2 Å². The summed E-state index contributed by atoms with van der Waals surface area (Å²) in [6.45, 7) is 12.5.